The molecule has 3 rings (SSSR count). The zero-order valence-corrected chi connectivity index (χ0v) is 14.8. The molecule has 0 aliphatic heterocycles. The van der Waals surface area contributed by atoms with E-state index in [4.69, 9.17) is 5.26 Å². The highest BCUT2D eigenvalue weighted by Crippen LogP contribution is 2.19. The number of nitrogens with zero attached hydrogens (tertiary/aromatic N) is 5. The molecule has 0 amide bonds. The van der Waals surface area contributed by atoms with E-state index in [0.717, 1.165) is 5.69 Å². The van der Waals surface area contributed by atoms with E-state index in [0.29, 0.717) is 23.9 Å². The molecule has 2 aromatic carbocycles. The Labute approximate surface area is 153 Å². The van der Waals surface area contributed by atoms with E-state index >= 15 is 0 Å². The topological polar surface area (TPSA) is 77.7 Å². The van der Waals surface area contributed by atoms with E-state index in [1.807, 2.05) is 30.3 Å². The summed E-state index contributed by atoms with van der Waals surface area (Å²) in [7, 11) is 0. The lowest BCUT2D eigenvalue weighted by molar-refractivity contribution is 0.653. The fourth-order valence-electron chi connectivity index (χ4n) is 2.55. The molecule has 0 unspecified atom stereocenters. The van der Waals surface area contributed by atoms with Gasteiger partial charge in [-0.3, -0.25) is 0 Å². The van der Waals surface area contributed by atoms with Crippen LogP contribution in [0.15, 0.2) is 60.8 Å². The fraction of sp³-hybridized carbons (Fsp3) is 0.200. The molecule has 0 spiro atoms. The second-order valence-electron chi connectivity index (χ2n) is 6.17. The molecule has 6 heteroatoms. The Morgan fingerprint density at radius 2 is 1.92 bits per heavy atom. The van der Waals surface area contributed by atoms with Crippen molar-refractivity contribution in [3.63, 3.8) is 0 Å². The number of nitriles is 1. The van der Waals surface area contributed by atoms with Gasteiger partial charge in [-0.25, -0.2) is 0 Å². The van der Waals surface area contributed by atoms with Crippen molar-refractivity contribution in [1.82, 2.24) is 15.2 Å². The summed E-state index contributed by atoms with van der Waals surface area (Å²) in [6, 6.07) is 19.8. The monoisotopic (exact) mass is 344 g/mol. The molecule has 0 radical (unpaired) electrons. The maximum absolute atomic E-state index is 9.02. The SMILES string of the molecule is CC(C)N(Cc1ccccc1)c1nncc(Nc2cccc(C#N)c2)n1. The van der Waals surface area contributed by atoms with Crippen molar-refractivity contribution in [3.8, 4) is 6.07 Å². The maximum atomic E-state index is 9.02. The van der Waals surface area contributed by atoms with Crippen molar-refractivity contribution < 1.29 is 0 Å². The first kappa shape index (κ1) is 17.4. The van der Waals surface area contributed by atoms with Gasteiger partial charge in [0, 0.05) is 18.3 Å². The third-order valence-corrected chi connectivity index (χ3v) is 3.89. The summed E-state index contributed by atoms with van der Waals surface area (Å²) >= 11 is 0. The molecule has 0 saturated heterocycles. The number of benzene rings is 2. The lowest BCUT2D eigenvalue weighted by Crippen LogP contribution is -2.32. The number of hydrogen-bond acceptors (Lipinski definition) is 6. The molecule has 0 aliphatic rings. The van der Waals surface area contributed by atoms with Crippen molar-refractivity contribution in [2.75, 3.05) is 10.2 Å². The lowest BCUT2D eigenvalue weighted by atomic mass is 10.2. The molecule has 0 atom stereocenters. The van der Waals surface area contributed by atoms with Crippen LogP contribution in [0.1, 0.15) is 25.0 Å². The standard InChI is InChI=1S/C20H20N6/c1-15(2)26(14-16-7-4-3-5-8-16)20-24-19(13-22-25-20)23-18-10-6-9-17(11-18)12-21/h3-11,13,15H,14H2,1-2H3,(H,23,24,25). The second kappa shape index (κ2) is 8.08. The van der Waals surface area contributed by atoms with Crippen LogP contribution in [0, 0.1) is 11.3 Å². The maximum Gasteiger partial charge on any atom is 0.247 e. The Bertz CT molecular complexity index is 901. The van der Waals surface area contributed by atoms with Crippen LogP contribution in [0.5, 0.6) is 0 Å². The summed E-state index contributed by atoms with van der Waals surface area (Å²) in [5.74, 6) is 1.15. The predicted octanol–water partition coefficient (Wildman–Crippen LogP) is 3.90. The van der Waals surface area contributed by atoms with E-state index in [2.05, 4.69) is 57.4 Å². The van der Waals surface area contributed by atoms with E-state index in [1.165, 1.54) is 5.56 Å². The summed E-state index contributed by atoms with van der Waals surface area (Å²) in [6.45, 7) is 4.90. The van der Waals surface area contributed by atoms with Crippen molar-refractivity contribution in [3.05, 3.63) is 71.9 Å². The number of nitrogens with one attached hydrogen (secondary N) is 1. The minimum Gasteiger partial charge on any atom is -0.339 e. The summed E-state index contributed by atoms with van der Waals surface area (Å²) in [4.78, 5) is 6.70. The van der Waals surface area contributed by atoms with E-state index in [1.54, 1.807) is 18.3 Å². The Kier molecular flexibility index (Phi) is 5.40. The van der Waals surface area contributed by atoms with Gasteiger partial charge in [-0.05, 0) is 37.6 Å². The normalized spacial score (nSPS) is 10.4. The van der Waals surface area contributed by atoms with Crippen molar-refractivity contribution in [2.45, 2.75) is 26.4 Å². The highest BCUT2D eigenvalue weighted by molar-refractivity contribution is 5.58. The molecule has 1 heterocycles. The third kappa shape index (κ3) is 4.33. The van der Waals surface area contributed by atoms with Crippen LogP contribution in [0.2, 0.25) is 0 Å². The summed E-state index contributed by atoms with van der Waals surface area (Å²) < 4.78 is 0. The smallest absolute Gasteiger partial charge is 0.247 e. The van der Waals surface area contributed by atoms with Gasteiger partial charge < -0.3 is 10.2 Å². The van der Waals surface area contributed by atoms with Crippen molar-refractivity contribution >= 4 is 17.5 Å². The number of hydrogen-bond donors (Lipinski definition) is 1. The molecule has 0 bridgehead atoms. The summed E-state index contributed by atoms with van der Waals surface area (Å²) in [5.41, 5.74) is 2.56. The summed E-state index contributed by atoms with van der Waals surface area (Å²) in [5, 5.41) is 20.5. The van der Waals surface area contributed by atoms with Crippen LogP contribution < -0.4 is 10.2 Å². The Hall–Kier alpha value is -3.46. The minimum absolute atomic E-state index is 0.217. The van der Waals surface area contributed by atoms with Crippen molar-refractivity contribution in [1.29, 1.82) is 5.26 Å². The zero-order chi connectivity index (χ0) is 18.4. The van der Waals surface area contributed by atoms with Crippen molar-refractivity contribution in [2.24, 2.45) is 0 Å². The van der Waals surface area contributed by atoms with Gasteiger partial charge >= 0.3 is 0 Å². The van der Waals surface area contributed by atoms with Crippen LogP contribution in [-0.4, -0.2) is 21.2 Å². The molecule has 0 aliphatic carbocycles. The summed E-state index contributed by atoms with van der Waals surface area (Å²) in [6.07, 6.45) is 1.57. The predicted molar refractivity (Wildman–Crippen MR) is 102 cm³/mol. The van der Waals surface area contributed by atoms with Crippen LogP contribution >= 0.6 is 0 Å². The highest BCUT2D eigenvalue weighted by atomic mass is 15.3. The first-order valence-corrected chi connectivity index (χ1v) is 8.43. The quantitative estimate of drug-likeness (QED) is 0.731. The molecular formula is C20H20N6. The largest absolute Gasteiger partial charge is 0.339 e. The van der Waals surface area contributed by atoms with Gasteiger partial charge in [0.15, 0.2) is 5.82 Å². The molecule has 130 valence electrons. The van der Waals surface area contributed by atoms with Gasteiger partial charge in [-0.1, -0.05) is 36.4 Å². The van der Waals surface area contributed by atoms with Gasteiger partial charge in [0.05, 0.1) is 17.8 Å². The van der Waals surface area contributed by atoms with Gasteiger partial charge in [-0.15, -0.1) is 5.10 Å². The average molecular weight is 344 g/mol. The zero-order valence-electron chi connectivity index (χ0n) is 14.8. The molecule has 3 aromatic rings. The lowest BCUT2D eigenvalue weighted by Gasteiger charge is -2.26. The second-order valence-corrected chi connectivity index (χ2v) is 6.17. The molecule has 26 heavy (non-hydrogen) atoms. The first-order valence-electron chi connectivity index (χ1n) is 8.43. The average Bonchev–Trinajstić information content (AvgIpc) is 2.67. The van der Waals surface area contributed by atoms with Gasteiger partial charge in [0.25, 0.3) is 0 Å². The third-order valence-electron chi connectivity index (χ3n) is 3.89. The molecule has 0 saturated carbocycles. The molecule has 1 aromatic heterocycles. The molecular weight excluding hydrogens is 324 g/mol. The van der Waals surface area contributed by atoms with Gasteiger partial charge in [0.2, 0.25) is 5.95 Å². The van der Waals surface area contributed by atoms with E-state index in [9.17, 15) is 0 Å². The van der Waals surface area contributed by atoms with Crippen LogP contribution in [-0.2, 0) is 6.54 Å². The van der Waals surface area contributed by atoms with Crippen LogP contribution in [0.25, 0.3) is 0 Å². The first-order chi connectivity index (χ1) is 12.7. The number of anilines is 3. The van der Waals surface area contributed by atoms with Crippen LogP contribution in [0.3, 0.4) is 0 Å². The molecule has 0 fully saturated rings. The van der Waals surface area contributed by atoms with E-state index < -0.39 is 0 Å². The Balaban J connectivity index is 1.83. The number of aromatic nitrogens is 3. The fourth-order valence-corrected chi connectivity index (χ4v) is 2.55. The molecule has 1 N–H and O–H groups in total. The number of rotatable bonds is 6. The minimum atomic E-state index is 0.217. The Morgan fingerprint density at radius 1 is 1.12 bits per heavy atom. The highest BCUT2D eigenvalue weighted by Gasteiger charge is 2.15. The Morgan fingerprint density at radius 3 is 2.65 bits per heavy atom. The van der Waals surface area contributed by atoms with Gasteiger partial charge in [-0.2, -0.15) is 15.3 Å². The van der Waals surface area contributed by atoms with Gasteiger partial charge in [0.1, 0.15) is 0 Å². The molecule has 6 nitrogen and oxygen atoms in total. The van der Waals surface area contributed by atoms with E-state index in [-0.39, 0.29) is 6.04 Å². The van der Waals surface area contributed by atoms with Crippen LogP contribution in [0.4, 0.5) is 17.5 Å².